The van der Waals surface area contributed by atoms with Crippen molar-refractivity contribution in [2.45, 2.75) is 37.0 Å². The van der Waals surface area contributed by atoms with Crippen LogP contribution in [0.5, 0.6) is 5.75 Å². The molecule has 2 aromatic rings. The first kappa shape index (κ1) is 32.8. The van der Waals surface area contributed by atoms with Crippen LogP contribution in [0.1, 0.15) is 30.1 Å². The molecule has 3 heterocycles. The Morgan fingerprint density at radius 1 is 1.25 bits per heavy atom. The molecule has 0 saturated carbocycles. The van der Waals surface area contributed by atoms with Gasteiger partial charge in [0.25, 0.3) is 0 Å². The van der Waals surface area contributed by atoms with Crippen molar-refractivity contribution in [2.75, 3.05) is 46.4 Å². The standard InChI is InChI=1S/C28H34ClF2N9O4/c1-39-9-5-28(6-10-39)16-40(11-12-43-28)21(41)15-35-14-19(23(32)18-13-17(29)3-4-20(18)44-27(30)31)38-26(42)22(24(33)34)25-36-7-2-8-37-25/h2-4,7-8,13-14,19,22,27,32H,5-6,9-12,15-16H2,1H3,(H3,33,34)(H,38,42). The molecule has 236 valence electrons. The van der Waals surface area contributed by atoms with Crippen LogP contribution < -0.4 is 15.8 Å². The van der Waals surface area contributed by atoms with Gasteiger partial charge in [-0.25, -0.2) is 9.97 Å². The van der Waals surface area contributed by atoms with E-state index in [2.05, 4.69) is 29.9 Å². The summed E-state index contributed by atoms with van der Waals surface area (Å²) in [6, 6.07) is 3.87. The van der Waals surface area contributed by atoms with Crippen molar-refractivity contribution in [2.24, 2.45) is 10.7 Å². The van der Waals surface area contributed by atoms with Gasteiger partial charge in [-0.3, -0.25) is 20.0 Å². The minimum absolute atomic E-state index is 0.0606. The van der Waals surface area contributed by atoms with Crippen LogP contribution in [-0.4, -0.2) is 114 Å². The number of halogens is 3. The van der Waals surface area contributed by atoms with Gasteiger partial charge in [0.2, 0.25) is 11.8 Å². The highest BCUT2D eigenvalue weighted by atomic mass is 35.5. The second-order valence-electron chi connectivity index (χ2n) is 10.6. The summed E-state index contributed by atoms with van der Waals surface area (Å²) in [5.74, 6) is -3.53. The third kappa shape index (κ3) is 8.30. The number of piperidine rings is 1. The van der Waals surface area contributed by atoms with Crippen molar-refractivity contribution in [3.63, 3.8) is 0 Å². The van der Waals surface area contributed by atoms with Crippen LogP contribution >= 0.6 is 11.6 Å². The predicted molar refractivity (Wildman–Crippen MR) is 159 cm³/mol. The molecule has 1 aromatic heterocycles. The van der Waals surface area contributed by atoms with Gasteiger partial charge in [0.05, 0.1) is 17.9 Å². The Hall–Kier alpha value is -4.08. The van der Waals surface area contributed by atoms with Gasteiger partial charge in [0, 0.05) is 55.4 Å². The lowest BCUT2D eigenvalue weighted by Gasteiger charge is -2.46. The van der Waals surface area contributed by atoms with Gasteiger partial charge in [-0.1, -0.05) is 11.6 Å². The van der Waals surface area contributed by atoms with Gasteiger partial charge >= 0.3 is 6.61 Å². The summed E-state index contributed by atoms with van der Waals surface area (Å²) < 4.78 is 37.0. The van der Waals surface area contributed by atoms with Crippen LogP contribution in [0.4, 0.5) is 8.78 Å². The first-order chi connectivity index (χ1) is 21.0. The molecule has 2 saturated heterocycles. The molecule has 2 amide bonds. The highest BCUT2D eigenvalue weighted by Gasteiger charge is 2.40. The van der Waals surface area contributed by atoms with E-state index in [1.54, 1.807) is 4.90 Å². The van der Waals surface area contributed by atoms with Crippen LogP contribution in [0.25, 0.3) is 0 Å². The van der Waals surface area contributed by atoms with Gasteiger partial charge in [0.15, 0.2) is 5.92 Å². The SMILES string of the molecule is CN1CCC2(CC1)CN(C(=O)CN=CC(NC(=O)C(C(=N)N)c1ncccn1)C(=N)c1cc(Cl)ccc1OC(F)F)CCO2. The average molecular weight is 634 g/mol. The lowest BCUT2D eigenvalue weighted by Crippen LogP contribution is -2.58. The summed E-state index contributed by atoms with van der Waals surface area (Å²) in [6.07, 6.45) is 5.50. The van der Waals surface area contributed by atoms with Crippen LogP contribution in [0, 0.1) is 10.8 Å². The number of aromatic nitrogens is 2. The fourth-order valence-corrected chi connectivity index (χ4v) is 5.25. The number of aliphatic imine (C=N–C) groups is 1. The molecule has 5 N–H and O–H groups in total. The number of nitrogens with two attached hydrogens (primary N) is 1. The number of hydrogen-bond acceptors (Lipinski definition) is 10. The molecule has 2 unspecified atom stereocenters. The number of amides is 2. The van der Waals surface area contributed by atoms with E-state index >= 15 is 0 Å². The zero-order valence-electron chi connectivity index (χ0n) is 24.0. The maximum atomic E-state index is 13.4. The smallest absolute Gasteiger partial charge is 0.387 e. The summed E-state index contributed by atoms with van der Waals surface area (Å²) >= 11 is 6.10. The number of rotatable bonds is 11. The van der Waals surface area contributed by atoms with E-state index in [0.717, 1.165) is 32.1 Å². The van der Waals surface area contributed by atoms with Gasteiger partial charge in [-0.15, -0.1) is 0 Å². The lowest BCUT2D eigenvalue weighted by atomic mass is 9.89. The summed E-state index contributed by atoms with van der Waals surface area (Å²) in [5.41, 5.74) is 4.73. The molecule has 0 bridgehead atoms. The molecule has 2 atom stereocenters. The first-order valence-electron chi connectivity index (χ1n) is 13.8. The normalized spacial score (nSPS) is 18.2. The highest BCUT2D eigenvalue weighted by Crippen LogP contribution is 2.30. The monoisotopic (exact) mass is 633 g/mol. The average Bonchev–Trinajstić information content (AvgIpc) is 2.99. The molecular weight excluding hydrogens is 600 g/mol. The molecule has 2 aliphatic rings. The molecule has 1 spiro atoms. The predicted octanol–water partition coefficient (Wildman–Crippen LogP) is 1.70. The van der Waals surface area contributed by atoms with E-state index in [9.17, 15) is 18.4 Å². The largest absolute Gasteiger partial charge is 0.434 e. The van der Waals surface area contributed by atoms with Gasteiger partial charge in [-0.05, 0) is 44.2 Å². The molecule has 16 heteroatoms. The summed E-state index contributed by atoms with van der Waals surface area (Å²) in [6.45, 7) is -0.544. The van der Waals surface area contributed by atoms with E-state index in [0.29, 0.717) is 19.7 Å². The number of nitrogens with one attached hydrogen (secondary N) is 3. The zero-order valence-corrected chi connectivity index (χ0v) is 24.8. The van der Waals surface area contributed by atoms with Crippen LogP contribution in [0.15, 0.2) is 41.7 Å². The van der Waals surface area contributed by atoms with Crippen molar-refractivity contribution >= 4 is 41.2 Å². The number of likely N-dealkylation sites (tertiary alicyclic amines) is 1. The second-order valence-corrected chi connectivity index (χ2v) is 11.0. The number of hydrogen-bond donors (Lipinski definition) is 4. The quantitative estimate of drug-likeness (QED) is 0.213. The van der Waals surface area contributed by atoms with Crippen molar-refractivity contribution in [1.82, 2.24) is 25.1 Å². The number of carbonyl (C=O) groups excluding carboxylic acids is 2. The Balaban J connectivity index is 1.56. The van der Waals surface area contributed by atoms with Crippen molar-refractivity contribution in [3.05, 3.63) is 53.1 Å². The number of carbonyl (C=O) groups is 2. The lowest BCUT2D eigenvalue weighted by molar-refractivity contribution is -0.157. The Bertz CT molecular complexity index is 1390. The molecule has 0 radical (unpaired) electrons. The van der Waals surface area contributed by atoms with Crippen molar-refractivity contribution in [3.8, 4) is 5.75 Å². The van der Waals surface area contributed by atoms with Crippen LogP contribution in [-0.2, 0) is 14.3 Å². The Labute approximate surface area is 257 Å². The van der Waals surface area contributed by atoms with Crippen molar-refractivity contribution < 1.29 is 27.8 Å². The molecular formula is C28H34ClF2N9O4. The second kappa shape index (κ2) is 14.6. The van der Waals surface area contributed by atoms with Gasteiger partial charge in [0.1, 0.15) is 30.0 Å². The van der Waals surface area contributed by atoms with Crippen LogP contribution in [0.2, 0.25) is 5.02 Å². The summed E-state index contributed by atoms with van der Waals surface area (Å²) in [7, 11) is 2.04. The number of amidine groups is 1. The van der Waals surface area contributed by atoms with Gasteiger partial charge < -0.3 is 35.7 Å². The Morgan fingerprint density at radius 2 is 1.95 bits per heavy atom. The molecule has 1 aromatic carbocycles. The molecule has 4 rings (SSSR count). The first-order valence-corrected chi connectivity index (χ1v) is 14.2. The summed E-state index contributed by atoms with van der Waals surface area (Å²) in [4.78, 5) is 42.6. The number of ether oxygens (including phenoxy) is 2. The molecule has 13 nitrogen and oxygen atoms in total. The number of alkyl halides is 2. The van der Waals surface area contributed by atoms with Crippen molar-refractivity contribution in [1.29, 1.82) is 10.8 Å². The number of morpholine rings is 1. The molecule has 2 aliphatic heterocycles. The van der Waals surface area contributed by atoms with E-state index in [-0.39, 0.29) is 34.6 Å². The van der Waals surface area contributed by atoms with E-state index in [1.807, 2.05) is 7.05 Å². The summed E-state index contributed by atoms with van der Waals surface area (Å²) in [5, 5.41) is 19.4. The highest BCUT2D eigenvalue weighted by molar-refractivity contribution is 6.31. The zero-order chi connectivity index (χ0) is 31.9. The Morgan fingerprint density at radius 3 is 2.61 bits per heavy atom. The maximum Gasteiger partial charge on any atom is 0.387 e. The minimum atomic E-state index is -3.19. The maximum absolute atomic E-state index is 13.4. The molecule has 2 fully saturated rings. The van der Waals surface area contributed by atoms with E-state index < -0.39 is 41.6 Å². The topological polar surface area (TPSA) is 183 Å². The van der Waals surface area contributed by atoms with Crippen LogP contribution in [0.3, 0.4) is 0 Å². The fourth-order valence-electron chi connectivity index (χ4n) is 5.08. The molecule has 0 aliphatic carbocycles. The number of benzene rings is 1. The van der Waals surface area contributed by atoms with E-state index in [4.69, 9.17) is 32.9 Å². The Kier molecular flexibility index (Phi) is 10.9. The minimum Gasteiger partial charge on any atom is -0.434 e. The molecule has 44 heavy (non-hydrogen) atoms. The van der Waals surface area contributed by atoms with E-state index in [1.165, 1.54) is 36.7 Å². The third-order valence-corrected chi connectivity index (χ3v) is 7.69. The van der Waals surface area contributed by atoms with Gasteiger partial charge in [-0.2, -0.15) is 8.78 Å². The number of nitrogens with zero attached hydrogens (tertiary/aromatic N) is 5. The fraction of sp³-hybridized carbons (Fsp3) is 0.464. The third-order valence-electron chi connectivity index (χ3n) is 7.45.